The van der Waals surface area contributed by atoms with Crippen LogP contribution in [-0.4, -0.2) is 48.6 Å². The Balaban J connectivity index is 1.82. The van der Waals surface area contributed by atoms with Gasteiger partial charge < -0.3 is 19.0 Å². The van der Waals surface area contributed by atoms with Crippen LogP contribution in [0.1, 0.15) is 59.6 Å². The van der Waals surface area contributed by atoms with Gasteiger partial charge in [-0.2, -0.15) is 0 Å². The number of hydrogen-bond donors (Lipinski definition) is 1. The maximum atomic E-state index is 13.4. The summed E-state index contributed by atoms with van der Waals surface area (Å²) < 4.78 is 16.5. The minimum atomic E-state index is -0.987. The minimum Gasteiger partial charge on any atom is -0.460 e. The summed E-state index contributed by atoms with van der Waals surface area (Å²) in [5.74, 6) is -0.970. The van der Waals surface area contributed by atoms with E-state index in [1.807, 2.05) is 13.8 Å². The fraction of sp³-hybridized carbons (Fsp3) is 0.571. The number of carbonyl (C=O) groups is 3. The lowest BCUT2D eigenvalue weighted by Crippen LogP contribution is -2.56. The Kier molecular flexibility index (Phi) is 3.45. The molecular formula is C21H22O7. The highest BCUT2D eigenvalue weighted by Gasteiger charge is 2.63. The molecule has 0 aromatic carbocycles. The molecule has 28 heavy (non-hydrogen) atoms. The van der Waals surface area contributed by atoms with Gasteiger partial charge in [-0.1, -0.05) is 6.92 Å². The summed E-state index contributed by atoms with van der Waals surface area (Å²) in [6.45, 7) is 3.82. The molecule has 1 aliphatic heterocycles. The molecule has 0 unspecified atom stereocenters. The van der Waals surface area contributed by atoms with Gasteiger partial charge in [-0.25, -0.2) is 4.79 Å². The first-order chi connectivity index (χ1) is 13.2. The first-order valence-corrected chi connectivity index (χ1v) is 9.57. The molecule has 1 N–H and O–H groups in total. The fourth-order valence-electron chi connectivity index (χ4n) is 6.02. The topological polar surface area (TPSA) is 103 Å². The van der Waals surface area contributed by atoms with Crippen LogP contribution in [0.2, 0.25) is 0 Å². The molecule has 1 aromatic heterocycles. The number of carbonyl (C=O) groups excluding carboxylic acids is 3. The molecule has 7 nitrogen and oxygen atoms in total. The third-order valence-electron chi connectivity index (χ3n) is 7.41. The number of rotatable bonds is 2. The highest BCUT2D eigenvalue weighted by atomic mass is 16.6. The van der Waals surface area contributed by atoms with Gasteiger partial charge in [0.15, 0.2) is 5.76 Å². The van der Waals surface area contributed by atoms with E-state index in [9.17, 15) is 19.5 Å². The van der Waals surface area contributed by atoms with Gasteiger partial charge in [0.05, 0.1) is 18.1 Å². The average Bonchev–Trinajstić information content (AvgIpc) is 3.21. The van der Waals surface area contributed by atoms with Crippen molar-refractivity contribution in [2.75, 3.05) is 13.7 Å². The molecule has 0 saturated heterocycles. The highest BCUT2D eigenvalue weighted by Crippen LogP contribution is 2.60. The monoisotopic (exact) mass is 386 g/mol. The zero-order valence-electron chi connectivity index (χ0n) is 16.0. The Labute approximate surface area is 161 Å². The number of ether oxygens (including phenoxy) is 2. The second kappa shape index (κ2) is 5.42. The van der Waals surface area contributed by atoms with Crippen LogP contribution in [0.3, 0.4) is 0 Å². The lowest BCUT2D eigenvalue weighted by Gasteiger charge is -2.51. The van der Waals surface area contributed by atoms with E-state index in [2.05, 4.69) is 0 Å². The van der Waals surface area contributed by atoms with Gasteiger partial charge in [0, 0.05) is 36.0 Å². The molecule has 0 bridgehead atoms. The van der Waals surface area contributed by atoms with Crippen molar-refractivity contribution in [3.05, 3.63) is 34.3 Å². The molecule has 3 aliphatic carbocycles. The summed E-state index contributed by atoms with van der Waals surface area (Å²) in [5.41, 5.74) is -0.00741. The average molecular weight is 386 g/mol. The molecule has 1 fully saturated rings. The summed E-state index contributed by atoms with van der Waals surface area (Å²) in [5, 5.41) is 11.2. The fourth-order valence-corrected chi connectivity index (χ4v) is 6.02. The Morgan fingerprint density at radius 1 is 1.29 bits per heavy atom. The van der Waals surface area contributed by atoms with Crippen molar-refractivity contribution < 1.29 is 33.4 Å². The Bertz CT molecular complexity index is 969. The zero-order chi connectivity index (χ0) is 20.0. The van der Waals surface area contributed by atoms with Crippen LogP contribution < -0.4 is 0 Å². The number of methoxy groups -OCH3 is 1. The van der Waals surface area contributed by atoms with Gasteiger partial charge in [0.2, 0.25) is 5.78 Å². The number of aliphatic hydroxyl groups is 1. The predicted molar refractivity (Wildman–Crippen MR) is 95.0 cm³/mol. The third-order valence-corrected chi connectivity index (χ3v) is 7.41. The zero-order valence-corrected chi connectivity index (χ0v) is 16.0. The molecular weight excluding hydrogens is 364 g/mol. The van der Waals surface area contributed by atoms with E-state index < -0.39 is 29.0 Å². The van der Waals surface area contributed by atoms with Crippen LogP contribution in [0.25, 0.3) is 0 Å². The van der Waals surface area contributed by atoms with E-state index in [4.69, 9.17) is 13.9 Å². The van der Waals surface area contributed by atoms with E-state index in [-0.39, 0.29) is 41.8 Å². The van der Waals surface area contributed by atoms with E-state index in [1.54, 1.807) is 0 Å². The first kappa shape index (κ1) is 17.8. The molecule has 0 spiro atoms. The number of cyclic esters (lactones) is 1. The van der Waals surface area contributed by atoms with Crippen LogP contribution in [0.4, 0.5) is 0 Å². The largest absolute Gasteiger partial charge is 0.460 e. The summed E-state index contributed by atoms with van der Waals surface area (Å²) in [6, 6.07) is 0. The van der Waals surface area contributed by atoms with Crippen LogP contribution in [0.5, 0.6) is 0 Å². The molecule has 7 heteroatoms. The van der Waals surface area contributed by atoms with Crippen molar-refractivity contribution in [2.45, 2.75) is 50.7 Å². The van der Waals surface area contributed by atoms with E-state index in [1.165, 1.54) is 13.4 Å². The van der Waals surface area contributed by atoms with Crippen LogP contribution in [0, 0.1) is 11.3 Å². The summed E-state index contributed by atoms with van der Waals surface area (Å²) >= 11 is 0. The highest BCUT2D eigenvalue weighted by molar-refractivity contribution is 6.14. The van der Waals surface area contributed by atoms with Crippen molar-refractivity contribution >= 4 is 17.5 Å². The van der Waals surface area contributed by atoms with Crippen LogP contribution in [-0.2, 0) is 19.7 Å². The molecule has 1 saturated carbocycles. The van der Waals surface area contributed by atoms with Crippen molar-refractivity contribution in [3.63, 3.8) is 0 Å². The lowest BCUT2D eigenvalue weighted by atomic mass is 9.54. The molecule has 0 amide bonds. The lowest BCUT2D eigenvalue weighted by molar-refractivity contribution is -0.128. The van der Waals surface area contributed by atoms with Crippen LogP contribution in [0.15, 0.2) is 21.8 Å². The first-order valence-electron chi connectivity index (χ1n) is 9.57. The summed E-state index contributed by atoms with van der Waals surface area (Å²) in [7, 11) is 1.51. The SMILES string of the molecule is COC[C@@H]1OC(=O)c2coc3c2[C@@]1(C)C1=C(C3=O)[C@@H]2CCC(=O)[C@@]2(C)C[C@H]1O. The van der Waals surface area contributed by atoms with Gasteiger partial charge in [0.25, 0.3) is 0 Å². The van der Waals surface area contributed by atoms with Gasteiger partial charge in [-0.15, -0.1) is 0 Å². The quantitative estimate of drug-likeness (QED) is 0.775. The third kappa shape index (κ3) is 1.84. The standard InChI is InChI=1S/C21H22O7/c1-20-6-11(22)16-14(10(20)4-5-12(20)23)17(24)18-15-9(7-27-18)19(25)28-13(8-26-3)21(15,16)2/h7,10-11,13,22H,4-6,8H2,1-3H3/t10-,11+,13-,20-,21-/m0/s1. The molecule has 2 heterocycles. The van der Waals surface area contributed by atoms with E-state index in [0.29, 0.717) is 29.6 Å². The van der Waals surface area contributed by atoms with Gasteiger partial charge in [-0.3, -0.25) is 9.59 Å². The summed E-state index contributed by atoms with van der Waals surface area (Å²) in [4.78, 5) is 38.5. The molecule has 5 rings (SSSR count). The normalized spacial score (nSPS) is 38.9. The Morgan fingerprint density at radius 2 is 2.04 bits per heavy atom. The van der Waals surface area contributed by atoms with Gasteiger partial charge in [-0.05, 0) is 25.3 Å². The van der Waals surface area contributed by atoms with Crippen molar-refractivity contribution in [1.82, 2.24) is 0 Å². The van der Waals surface area contributed by atoms with Crippen molar-refractivity contribution in [3.8, 4) is 0 Å². The number of allylic oxidation sites excluding steroid dienone is 1. The number of fused-ring (bicyclic) bond motifs is 3. The molecule has 148 valence electrons. The second-order valence-corrected chi connectivity index (χ2v) is 8.71. The maximum absolute atomic E-state index is 13.4. The maximum Gasteiger partial charge on any atom is 0.342 e. The molecule has 5 atom stereocenters. The predicted octanol–water partition coefficient (Wildman–Crippen LogP) is 1.97. The van der Waals surface area contributed by atoms with E-state index in [0.717, 1.165) is 0 Å². The Hall–Kier alpha value is -2.25. The van der Waals surface area contributed by atoms with Crippen LogP contribution >= 0.6 is 0 Å². The summed E-state index contributed by atoms with van der Waals surface area (Å²) in [6.07, 6.45) is 0.786. The number of aliphatic hydroxyl groups excluding tert-OH is 1. The number of esters is 1. The molecule has 4 aliphatic rings. The number of Topliss-reactive ketones (excluding diaryl/α,β-unsaturated/α-hetero) is 2. The van der Waals surface area contributed by atoms with Crippen molar-refractivity contribution in [2.24, 2.45) is 11.3 Å². The van der Waals surface area contributed by atoms with Gasteiger partial charge >= 0.3 is 5.97 Å². The second-order valence-electron chi connectivity index (χ2n) is 8.71. The van der Waals surface area contributed by atoms with Crippen molar-refractivity contribution in [1.29, 1.82) is 0 Å². The van der Waals surface area contributed by atoms with E-state index >= 15 is 0 Å². The van der Waals surface area contributed by atoms with Gasteiger partial charge in [0.1, 0.15) is 23.7 Å². The molecule has 1 aromatic rings. The Morgan fingerprint density at radius 3 is 2.75 bits per heavy atom. The molecule has 0 radical (unpaired) electrons. The smallest absolute Gasteiger partial charge is 0.342 e. The minimum absolute atomic E-state index is 0.0792. The number of furan rings is 1. The number of hydrogen-bond acceptors (Lipinski definition) is 7. The number of ketones is 2.